The first kappa shape index (κ1) is 13.9. The van der Waals surface area contributed by atoms with Crippen LogP contribution in [0.5, 0.6) is 0 Å². The summed E-state index contributed by atoms with van der Waals surface area (Å²) < 4.78 is 0. The third-order valence-corrected chi connectivity index (χ3v) is 3.69. The van der Waals surface area contributed by atoms with Crippen molar-refractivity contribution in [2.24, 2.45) is 0 Å². The molecule has 1 aromatic heterocycles. The fourth-order valence-electron chi connectivity index (χ4n) is 1.38. The van der Waals surface area contributed by atoms with Crippen molar-refractivity contribution >= 4 is 17.2 Å². The van der Waals surface area contributed by atoms with Crippen molar-refractivity contribution in [1.82, 2.24) is 10.6 Å². The summed E-state index contributed by atoms with van der Waals surface area (Å²) in [4.78, 5) is 14.2. The Kier molecular flexibility index (Phi) is 5.94. The van der Waals surface area contributed by atoms with Crippen LogP contribution in [-0.2, 0) is 17.8 Å². The molecule has 1 unspecified atom stereocenters. The molecule has 1 heterocycles. The smallest absolute Gasteiger partial charge is 0.237 e. The summed E-state index contributed by atoms with van der Waals surface area (Å²) in [5.41, 5.74) is 0. The Morgan fingerprint density at radius 2 is 2.24 bits per heavy atom. The predicted octanol–water partition coefficient (Wildman–Crippen LogP) is 2.09. The van der Waals surface area contributed by atoms with Crippen LogP contribution in [0.15, 0.2) is 24.8 Å². The maximum Gasteiger partial charge on any atom is 0.237 e. The second kappa shape index (κ2) is 7.25. The lowest BCUT2D eigenvalue weighted by Crippen LogP contribution is -2.41. The molecule has 2 N–H and O–H groups in total. The van der Waals surface area contributed by atoms with Crippen LogP contribution in [-0.4, -0.2) is 18.5 Å². The number of carbonyl (C=O) groups excluding carboxylic acids is 1. The maximum absolute atomic E-state index is 11.6. The minimum absolute atomic E-state index is 0.0113. The monoisotopic (exact) mass is 252 g/mol. The topological polar surface area (TPSA) is 41.1 Å². The fourth-order valence-corrected chi connectivity index (χ4v) is 2.29. The van der Waals surface area contributed by atoms with E-state index in [4.69, 9.17) is 0 Å². The molecule has 4 heteroatoms. The van der Waals surface area contributed by atoms with E-state index in [9.17, 15) is 4.79 Å². The normalized spacial score (nSPS) is 12.1. The van der Waals surface area contributed by atoms with Gasteiger partial charge in [0.15, 0.2) is 0 Å². The summed E-state index contributed by atoms with van der Waals surface area (Å²) >= 11 is 1.79. The van der Waals surface area contributed by atoms with Crippen LogP contribution in [0, 0.1) is 0 Å². The quantitative estimate of drug-likeness (QED) is 0.730. The molecule has 1 amide bonds. The number of rotatable bonds is 7. The highest BCUT2D eigenvalue weighted by molar-refractivity contribution is 7.11. The Hall–Kier alpha value is -1.13. The highest BCUT2D eigenvalue weighted by Gasteiger charge is 2.11. The molecule has 0 aliphatic carbocycles. The summed E-state index contributed by atoms with van der Waals surface area (Å²) in [5, 5.41) is 5.98. The standard InChI is InChI=1S/C13H20N2OS/c1-4-8-14-13(16)10(3)15-9-12-7-6-11(5-2)17-12/h4,6-7,10,15H,1,5,8-9H2,2-3H3,(H,14,16). The molecular weight excluding hydrogens is 232 g/mol. The first-order valence-electron chi connectivity index (χ1n) is 5.87. The second-order valence-electron chi connectivity index (χ2n) is 3.86. The molecule has 0 radical (unpaired) electrons. The minimum atomic E-state index is -0.179. The van der Waals surface area contributed by atoms with Crippen LogP contribution < -0.4 is 10.6 Å². The summed E-state index contributed by atoms with van der Waals surface area (Å²) in [6.45, 7) is 8.84. The lowest BCUT2D eigenvalue weighted by atomic mass is 10.3. The predicted molar refractivity (Wildman–Crippen MR) is 73.2 cm³/mol. The van der Waals surface area contributed by atoms with E-state index in [1.807, 2.05) is 6.92 Å². The summed E-state index contributed by atoms with van der Waals surface area (Å²) in [5.74, 6) is 0.0113. The molecule has 0 bridgehead atoms. The third-order valence-electron chi connectivity index (χ3n) is 2.46. The minimum Gasteiger partial charge on any atom is -0.351 e. The summed E-state index contributed by atoms with van der Waals surface area (Å²) in [6, 6.07) is 4.08. The van der Waals surface area contributed by atoms with Gasteiger partial charge in [0.25, 0.3) is 0 Å². The van der Waals surface area contributed by atoms with Crippen molar-refractivity contribution in [3.8, 4) is 0 Å². The molecule has 0 aliphatic heterocycles. The van der Waals surface area contributed by atoms with Gasteiger partial charge in [0.05, 0.1) is 6.04 Å². The van der Waals surface area contributed by atoms with E-state index in [0.29, 0.717) is 6.54 Å². The molecule has 3 nitrogen and oxygen atoms in total. The van der Waals surface area contributed by atoms with E-state index in [1.165, 1.54) is 9.75 Å². The Balaban J connectivity index is 2.34. The zero-order valence-corrected chi connectivity index (χ0v) is 11.3. The van der Waals surface area contributed by atoms with E-state index in [0.717, 1.165) is 13.0 Å². The van der Waals surface area contributed by atoms with Gasteiger partial charge in [0.2, 0.25) is 5.91 Å². The van der Waals surface area contributed by atoms with Gasteiger partial charge in [0, 0.05) is 22.8 Å². The zero-order valence-electron chi connectivity index (χ0n) is 10.5. The van der Waals surface area contributed by atoms with E-state index < -0.39 is 0 Å². The van der Waals surface area contributed by atoms with Crippen LogP contribution in [0.2, 0.25) is 0 Å². The van der Waals surface area contributed by atoms with Crippen LogP contribution in [0.3, 0.4) is 0 Å². The third kappa shape index (κ3) is 4.71. The number of aryl methyl sites for hydroxylation is 1. The number of hydrogen-bond donors (Lipinski definition) is 2. The van der Waals surface area contributed by atoms with Gasteiger partial charge in [-0.2, -0.15) is 0 Å². The van der Waals surface area contributed by atoms with Crippen molar-refractivity contribution in [2.75, 3.05) is 6.54 Å². The van der Waals surface area contributed by atoms with Gasteiger partial charge in [0.1, 0.15) is 0 Å². The van der Waals surface area contributed by atoms with E-state index in [2.05, 4.69) is 36.3 Å². The fraction of sp³-hybridized carbons (Fsp3) is 0.462. The highest BCUT2D eigenvalue weighted by atomic mass is 32.1. The van der Waals surface area contributed by atoms with Crippen molar-refractivity contribution in [3.63, 3.8) is 0 Å². The molecule has 0 saturated carbocycles. The average molecular weight is 252 g/mol. The van der Waals surface area contributed by atoms with Gasteiger partial charge in [-0.15, -0.1) is 17.9 Å². The van der Waals surface area contributed by atoms with Crippen molar-refractivity contribution in [1.29, 1.82) is 0 Å². The summed E-state index contributed by atoms with van der Waals surface area (Å²) in [6.07, 6.45) is 2.75. The van der Waals surface area contributed by atoms with E-state index in [1.54, 1.807) is 17.4 Å². The van der Waals surface area contributed by atoms with Gasteiger partial charge in [-0.1, -0.05) is 13.0 Å². The lowest BCUT2D eigenvalue weighted by Gasteiger charge is -2.12. The molecule has 1 atom stereocenters. The molecule has 0 saturated heterocycles. The molecule has 94 valence electrons. The van der Waals surface area contributed by atoms with E-state index in [-0.39, 0.29) is 11.9 Å². The van der Waals surface area contributed by atoms with Crippen LogP contribution >= 0.6 is 11.3 Å². The first-order chi connectivity index (χ1) is 8.17. The molecule has 1 rings (SSSR count). The van der Waals surface area contributed by atoms with Crippen molar-refractivity contribution < 1.29 is 4.79 Å². The molecule has 1 aromatic rings. The number of carbonyl (C=O) groups is 1. The van der Waals surface area contributed by atoms with Gasteiger partial charge in [-0.05, 0) is 25.5 Å². The van der Waals surface area contributed by atoms with Crippen LogP contribution in [0.1, 0.15) is 23.6 Å². The highest BCUT2D eigenvalue weighted by Crippen LogP contribution is 2.16. The molecule has 0 fully saturated rings. The van der Waals surface area contributed by atoms with Crippen LogP contribution in [0.25, 0.3) is 0 Å². The lowest BCUT2D eigenvalue weighted by molar-refractivity contribution is -0.122. The Morgan fingerprint density at radius 3 is 2.82 bits per heavy atom. The SMILES string of the molecule is C=CCNC(=O)C(C)NCc1ccc(CC)s1. The van der Waals surface area contributed by atoms with Gasteiger partial charge in [-0.3, -0.25) is 4.79 Å². The molecule has 0 spiro atoms. The summed E-state index contributed by atoms with van der Waals surface area (Å²) in [7, 11) is 0. The Morgan fingerprint density at radius 1 is 1.53 bits per heavy atom. The first-order valence-corrected chi connectivity index (χ1v) is 6.68. The number of thiophene rings is 1. The maximum atomic E-state index is 11.6. The largest absolute Gasteiger partial charge is 0.351 e. The molecule has 17 heavy (non-hydrogen) atoms. The number of amides is 1. The number of hydrogen-bond acceptors (Lipinski definition) is 3. The zero-order chi connectivity index (χ0) is 12.7. The van der Waals surface area contributed by atoms with Gasteiger partial charge in [-0.25, -0.2) is 0 Å². The van der Waals surface area contributed by atoms with Crippen molar-refractivity contribution in [2.45, 2.75) is 32.9 Å². The molecule has 0 aliphatic rings. The number of nitrogens with one attached hydrogen (secondary N) is 2. The second-order valence-corrected chi connectivity index (χ2v) is 5.11. The Labute approximate surface area is 107 Å². The molecular formula is C13H20N2OS. The van der Waals surface area contributed by atoms with Crippen LogP contribution in [0.4, 0.5) is 0 Å². The molecule has 0 aromatic carbocycles. The van der Waals surface area contributed by atoms with Gasteiger partial charge >= 0.3 is 0 Å². The van der Waals surface area contributed by atoms with E-state index >= 15 is 0 Å². The van der Waals surface area contributed by atoms with Gasteiger partial charge < -0.3 is 10.6 Å². The van der Waals surface area contributed by atoms with Crippen molar-refractivity contribution in [3.05, 3.63) is 34.5 Å². The average Bonchev–Trinajstić information content (AvgIpc) is 2.80. The Bertz CT molecular complexity index is 373.